The zero-order valence-electron chi connectivity index (χ0n) is 24.5. The number of Topliss-reactive ketones (excluding diaryl/α,β-unsaturated/α-hetero) is 2. The number of benzene rings is 1. The van der Waals surface area contributed by atoms with Crippen molar-refractivity contribution in [1.82, 2.24) is 0 Å². The van der Waals surface area contributed by atoms with Crippen LogP contribution in [0.25, 0.3) is 0 Å². The van der Waals surface area contributed by atoms with Gasteiger partial charge in [0.1, 0.15) is 23.1 Å². The largest absolute Gasteiger partial charge is 0.462 e. The maximum atomic E-state index is 10.6. The topological polar surface area (TPSA) is 43.4 Å². The average Bonchev–Trinajstić information content (AvgIpc) is 3.64. The Morgan fingerprint density at radius 1 is 0.857 bits per heavy atom. The average molecular weight is 483 g/mol. The molecule has 3 nitrogen and oxygen atoms in total. The first kappa shape index (κ1) is 32.6. The van der Waals surface area contributed by atoms with Crippen LogP contribution in [0.3, 0.4) is 0 Å². The minimum Gasteiger partial charge on any atom is -0.462 e. The van der Waals surface area contributed by atoms with Crippen LogP contribution in [-0.2, 0) is 9.59 Å². The number of rotatable bonds is 6. The summed E-state index contributed by atoms with van der Waals surface area (Å²) in [6.07, 6.45) is 7.96. The molecule has 2 saturated carbocycles. The second kappa shape index (κ2) is 14.2. The van der Waals surface area contributed by atoms with Crippen molar-refractivity contribution in [3.8, 4) is 5.75 Å². The molecule has 2 aliphatic rings. The molecule has 3 rings (SSSR count). The molecule has 0 saturated heterocycles. The summed E-state index contributed by atoms with van der Waals surface area (Å²) in [7, 11) is 0. The van der Waals surface area contributed by atoms with Crippen LogP contribution in [0, 0.1) is 36.5 Å². The van der Waals surface area contributed by atoms with E-state index in [2.05, 4.69) is 60.3 Å². The zero-order chi connectivity index (χ0) is 27.6. The summed E-state index contributed by atoms with van der Waals surface area (Å²) < 4.78 is 5.73. The third-order valence-corrected chi connectivity index (χ3v) is 6.67. The number of ketones is 2. The van der Waals surface area contributed by atoms with E-state index < -0.39 is 0 Å². The molecule has 2 aliphatic carbocycles. The van der Waals surface area contributed by atoms with Crippen molar-refractivity contribution in [2.45, 2.75) is 95.9 Å². The van der Waals surface area contributed by atoms with Gasteiger partial charge in [0.05, 0.1) is 0 Å². The van der Waals surface area contributed by atoms with E-state index in [1.807, 2.05) is 52.0 Å². The Balaban J connectivity index is 0.000000533. The lowest BCUT2D eigenvalue weighted by Crippen LogP contribution is -1.99. The molecule has 0 N–H and O–H groups in total. The highest BCUT2D eigenvalue weighted by molar-refractivity contribution is 5.82. The summed E-state index contributed by atoms with van der Waals surface area (Å²) in [6, 6.07) is 6.11. The minimum atomic E-state index is 0.339. The molecule has 0 heterocycles. The van der Waals surface area contributed by atoms with Gasteiger partial charge in [-0.1, -0.05) is 71.9 Å². The monoisotopic (exact) mass is 482 g/mol. The lowest BCUT2D eigenvalue weighted by atomic mass is 10.1. The number of carbonyl (C=O) groups is 2. The lowest BCUT2D eigenvalue weighted by Gasteiger charge is -2.07. The lowest BCUT2D eigenvalue weighted by molar-refractivity contribution is -0.119. The van der Waals surface area contributed by atoms with Crippen molar-refractivity contribution in [3.63, 3.8) is 0 Å². The molecule has 0 bridgehead atoms. The molecule has 2 atom stereocenters. The van der Waals surface area contributed by atoms with Crippen LogP contribution in [0.5, 0.6) is 5.75 Å². The highest BCUT2D eigenvalue weighted by Gasteiger charge is 2.49. The number of hydrogen-bond donors (Lipinski definition) is 0. The molecule has 2 fully saturated rings. The maximum absolute atomic E-state index is 10.6. The fraction of sp³-hybridized carbons (Fsp3) is 0.562. The zero-order valence-corrected chi connectivity index (χ0v) is 24.5. The van der Waals surface area contributed by atoms with Gasteiger partial charge in [-0.05, 0) is 94.5 Å². The minimum absolute atomic E-state index is 0.339. The van der Waals surface area contributed by atoms with Crippen molar-refractivity contribution in [2.24, 2.45) is 22.7 Å². The Bertz CT molecular complexity index is 896. The molecular weight excluding hydrogens is 432 g/mol. The molecule has 0 aliphatic heterocycles. The van der Waals surface area contributed by atoms with Crippen molar-refractivity contribution in [1.29, 1.82) is 0 Å². The molecule has 1 aromatic rings. The SMILES string of the molecule is C=C/C(C)=C\C=C(/C)Oc1ccc(C)c(C)c1.CC.CC(=O)C1CC1(C)C.CC(=O)C1CC1(C)C. The van der Waals surface area contributed by atoms with Crippen LogP contribution >= 0.6 is 0 Å². The quantitative estimate of drug-likeness (QED) is 0.300. The summed E-state index contributed by atoms with van der Waals surface area (Å²) >= 11 is 0. The normalized spacial score (nSPS) is 20.9. The van der Waals surface area contributed by atoms with Crippen molar-refractivity contribution in [3.05, 3.63) is 65.5 Å². The first-order valence-corrected chi connectivity index (χ1v) is 12.8. The van der Waals surface area contributed by atoms with Crippen LogP contribution in [0.4, 0.5) is 0 Å². The van der Waals surface area contributed by atoms with Crippen molar-refractivity contribution >= 4 is 11.6 Å². The molecule has 3 heteroatoms. The van der Waals surface area contributed by atoms with E-state index in [9.17, 15) is 9.59 Å². The molecule has 0 amide bonds. The molecule has 35 heavy (non-hydrogen) atoms. The fourth-order valence-electron chi connectivity index (χ4n) is 3.64. The van der Waals surface area contributed by atoms with E-state index in [0.717, 1.165) is 29.9 Å². The second-order valence-corrected chi connectivity index (χ2v) is 11.0. The van der Waals surface area contributed by atoms with Crippen LogP contribution in [0.15, 0.2) is 54.3 Å². The van der Waals surface area contributed by atoms with E-state index in [1.165, 1.54) is 11.1 Å². The van der Waals surface area contributed by atoms with Gasteiger partial charge in [-0.25, -0.2) is 0 Å². The van der Waals surface area contributed by atoms with Gasteiger partial charge in [0, 0.05) is 11.8 Å². The number of carbonyl (C=O) groups excluding carboxylic acids is 2. The maximum Gasteiger partial charge on any atom is 0.133 e. The smallest absolute Gasteiger partial charge is 0.133 e. The predicted octanol–water partition coefficient (Wildman–Crippen LogP) is 8.99. The molecule has 196 valence electrons. The fourth-order valence-corrected chi connectivity index (χ4v) is 3.64. The van der Waals surface area contributed by atoms with E-state index >= 15 is 0 Å². The molecular formula is C32H50O3. The summed E-state index contributed by atoms with van der Waals surface area (Å²) in [4.78, 5) is 21.2. The number of ether oxygens (including phenoxy) is 1. The van der Waals surface area contributed by atoms with Gasteiger partial charge in [-0.2, -0.15) is 0 Å². The Labute approximate surface area is 215 Å². The summed E-state index contributed by atoms with van der Waals surface area (Å²) in [5.74, 6) is 3.22. The van der Waals surface area contributed by atoms with Gasteiger partial charge in [-0.15, -0.1) is 0 Å². The molecule has 0 aromatic heterocycles. The number of hydrogen-bond acceptors (Lipinski definition) is 3. The van der Waals surface area contributed by atoms with E-state index in [1.54, 1.807) is 13.8 Å². The standard InChI is InChI=1S/C16H20O.2C7H12O.C2H6/c1-6-12(2)7-9-15(5)17-16-10-8-13(3)14(4)11-16;2*1-5(8)6-4-7(6,2)3;1-2/h6-11H,1H2,2-5H3;2*6H,4H2,1-3H3;1-2H3/b12-7-,15-9+;;;. The van der Waals surface area contributed by atoms with E-state index in [4.69, 9.17) is 4.74 Å². The molecule has 2 unspecified atom stereocenters. The first-order chi connectivity index (χ1) is 16.1. The van der Waals surface area contributed by atoms with Crippen LogP contribution < -0.4 is 4.74 Å². The van der Waals surface area contributed by atoms with E-state index in [0.29, 0.717) is 34.2 Å². The third-order valence-electron chi connectivity index (χ3n) is 6.67. The third kappa shape index (κ3) is 12.2. The van der Waals surface area contributed by atoms with Gasteiger partial charge in [0.25, 0.3) is 0 Å². The molecule has 1 aromatic carbocycles. The first-order valence-electron chi connectivity index (χ1n) is 12.8. The van der Waals surface area contributed by atoms with Gasteiger partial charge < -0.3 is 4.74 Å². The Kier molecular flexibility index (Phi) is 13.2. The van der Waals surface area contributed by atoms with Crippen molar-refractivity contribution in [2.75, 3.05) is 0 Å². The molecule has 0 radical (unpaired) electrons. The van der Waals surface area contributed by atoms with E-state index in [-0.39, 0.29) is 0 Å². The van der Waals surface area contributed by atoms with Gasteiger partial charge >= 0.3 is 0 Å². The highest BCUT2D eigenvalue weighted by Crippen LogP contribution is 2.52. The highest BCUT2D eigenvalue weighted by atomic mass is 16.5. The number of aryl methyl sites for hydroxylation is 2. The number of allylic oxidation sites excluding steroid dienone is 5. The predicted molar refractivity (Wildman–Crippen MR) is 151 cm³/mol. The van der Waals surface area contributed by atoms with Crippen LogP contribution in [0.1, 0.15) is 93.2 Å². The Morgan fingerprint density at radius 2 is 1.29 bits per heavy atom. The summed E-state index contributed by atoms with van der Waals surface area (Å²) in [5.41, 5.74) is 4.32. The Hall–Kier alpha value is -2.42. The van der Waals surface area contributed by atoms with Gasteiger partial charge in [0.2, 0.25) is 0 Å². The Morgan fingerprint density at radius 3 is 1.57 bits per heavy atom. The second-order valence-electron chi connectivity index (χ2n) is 11.0. The van der Waals surface area contributed by atoms with Crippen LogP contribution in [0.2, 0.25) is 0 Å². The molecule has 0 spiro atoms. The van der Waals surface area contributed by atoms with Gasteiger partial charge in [0.15, 0.2) is 0 Å². The van der Waals surface area contributed by atoms with Crippen LogP contribution in [-0.4, -0.2) is 11.6 Å². The van der Waals surface area contributed by atoms with Gasteiger partial charge in [-0.3, -0.25) is 9.59 Å². The van der Waals surface area contributed by atoms with Crippen molar-refractivity contribution < 1.29 is 14.3 Å². The summed E-state index contributed by atoms with van der Waals surface area (Å²) in [6.45, 7) is 27.8. The summed E-state index contributed by atoms with van der Waals surface area (Å²) in [5, 5.41) is 0.